The molecule has 8 nitrogen and oxygen atoms in total. The molecule has 4 aromatic carbocycles. The molecule has 2 aromatic heterocycles. The molecule has 6 aromatic rings. The van der Waals surface area contributed by atoms with E-state index in [1.165, 1.54) is 29.2 Å². The summed E-state index contributed by atoms with van der Waals surface area (Å²) in [6.07, 6.45) is -1.93. The minimum atomic E-state index is -4.66. The molecule has 2 heterocycles. The maximum Gasteiger partial charge on any atom is 0.416 e. The average Bonchev–Trinajstić information content (AvgIpc) is 3.62. The van der Waals surface area contributed by atoms with E-state index >= 15 is 0 Å². The average molecular weight is 720 g/mol. The zero-order valence-corrected chi connectivity index (χ0v) is 30.0. The molecule has 0 aliphatic carbocycles. The third-order valence-electron chi connectivity index (χ3n) is 9.13. The number of benzene rings is 4. The molecular weight excluding hydrogens is 684 g/mol. The SMILES string of the molecule is C[C@H](CO[Si](c1ccccc1)(c1ccccc1)C(C)(C)C)n1c(=O)c(-c2ccnn2-c2ccc(C#N)cc2)cn(-c2cccc(C(F)(F)F)c2)c1=O. The maximum atomic E-state index is 14.5. The molecule has 0 N–H and O–H groups in total. The Bertz CT molecular complexity index is 2320. The van der Waals surface area contributed by atoms with Crippen LogP contribution in [0.25, 0.3) is 22.6 Å². The number of hydrogen-bond acceptors (Lipinski definition) is 5. The molecule has 0 aliphatic rings. The maximum absolute atomic E-state index is 14.5. The Kier molecular flexibility index (Phi) is 9.77. The Labute approximate surface area is 299 Å². The van der Waals surface area contributed by atoms with Crippen LogP contribution < -0.4 is 21.6 Å². The number of rotatable bonds is 9. The molecule has 0 unspecified atom stereocenters. The summed E-state index contributed by atoms with van der Waals surface area (Å²) in [4.78, 5) is 28.9. The smallest absolute Gasteiger partial charge is 0.405 e. The highest BCUT2D eigenvalue weighted by Crippen LogP contribution is 2.37. The Morgan fingerprint density at radius 2 is 1.44 bits per heavy atom. The van der Waals surface area contributed by atoms with Gasteiger partial charge < -0.3 is 4.43 Å². The molecule has 264 valence electrons. The summed E-state index contributed by atoms with van der Waals surface area (Å²) >= 11 is 0. The minimum absolute atomic E-state index is 0.0242. The minimum Gasteiger partial charge on any atom is -0.405 e. The molecule has 0 amide bonds. The summed E-state index contributed by atoms with van der Waals surface area (Å²) in [7, 11) is -3.10. The van der Waals surface area contributed by atoms with Crippen LogP contribution in [0.4, 0.5) is 13.2 Å². The van der Waals surface area contributed by atoms with E-state index in [1.54, 1.807) is 37.3 Å². The van der Waals surface area contributed by atoms with Gasteiger partial charge in [-0.1, -0.05) is 87.5 Å². The van der Waals surface area contributed by atoms with Crippen LogP contribution in [-0.4, -0.2) is 33.8 Å². The summed E-state index contributed by atoms with van der Waals surface area (Å²) in [6, 6.07) is 33.6. The van der Waals surface area contributed by atoms with Gasteiger partial charge in [0.05, 0.1) is 58.7 Å². The van der Waals surface area contributed by atoms with Gasteiger partial charge in [0.25, 0.3) is 13.9 Å². The standard InChI is InChI=1S/C40H36F3N5O3Si/c1-28(27-51-52(39(2,3)4,33-14-7-5-8-15-33)34-16-9-6-10-17-34)47-37(49)35(36-22-23-45-48(36)31-20-18-29(25-44)19-21-31)26-46(38(47)50)32-13-11-12-30(24-32)40(41,42)43/h5-24,26,28H,27H2,1-4H3/t28-/m1/s1. The third-order valence-corrected chi connectivity index (χ3v) is 14.1. The number of alkyl halides is 3. The lowest BCUT2D eigenvalue weighted by Crippen LogP contribution is -2.67. The zero-order valence-electron chi connectivity index (χ0n) is 29.0. The van der Waals surface area contributed by atoms with Crippen LogP contribution in [0.1, 0.15) is 44.9 Å². The van der Waals surface area contributed by atoms with E-state index < -0.39 is 42.4 Å². The fraction of sp³-hybridized carbons (Fsp3) is 0.200. The van der Waals surface area contributed by atoms with Crippen LogP contribution in [0, 0.1) is 11.3 Å². The first-order valence-electron chi connectivity index (χ1n) is 16.6. The largest absolute Gasteiger partial charge is 0.416 e. The molecule has 1 atom stereocenters. The van der Waals surface area contributed by atoms with E-state index in [0.717, 1.165) is 31.6 Å². The second-order valence-corrected chi connectivity index (χ2v) is 17.8. The predicted molar refractivity (Wildman–Crippen MR) is 197 cm³/mol. The molecule has 0 fully saturated rings. The second-order valence-electron chi connectivity index (χ2n) is 13.5. The molecule has 0 bridgehead atoms. The molecule has 0 aliphatic heterocycles. The molecule has 12 heteroatoms. The van der Waals surface area contributed by atoms with Crippen molar-refractivity contribution >= 4 is 18.7 Å². The Hall–Kier alpha value is -5.77. The lowest BCUT2D eigenvalue weighted by molar-refractivity contribution is -0.137. The van der Waals surface area contributed by atoms with Crippen molar-refractivity contribution in [3.8, 4) is 28.7 Å². The highest BCUT2D eigenvalue weighted by molar-refractivity contribution is 6.99. The molecule has 6 rings (SSSR count). The van der Waals surface area contributed by atoms with E-state index in [2.05, 4.69) is 31.9 Å². The first-order chi connectivity index (χ1) is 24.8. The van der Waals surface area contributed by atoms with Crippen LogP contribution in [0.3, 0.4) is 0 Å². The first-order valence-corrected chi connectivity index (χ1v) is 18.5. The van der Waals surface area contributed by atoms with Gasteiger partial charge in [0.15, 0.2) is 0 Å². The number of nitriles is 1. The predicted octanol–water partition coefficient (Wildman–Crippen LogP) is 6.88. The van der Waals surface area contributed by atoms with Gasteiger partial charge in [-0.25, -0.2) is 9.48 Å². The lowest BCUT2D eigenvalue weighted by atomic mass is 10.1. The molecule has 52 heavy (non-hydrogen) atoms. The summed E-state index contributed by atoms with van der Waals surface area (Å²) in [5.74, 6) is 0. The van der Waals surface area contributed by atoms with Gasteiger partial charge in [-0.05, 0) is 70.9 Å². The van der Waals surface area contributed by atoms with Crippen molar-refractivity contribution in [1.82, 2.24) is 18.9 Å². The van der Waals surface area contributed by atoms with Gasteiger partial charge in [0.1, 0.15) is 0 Å². The monoisotopic (exact) mass is 719 g/mol. The van der Waals surface area contributed by atoms with Gasteiger partial charge in [-0.3, -0.25) is 13.9 Å². The van der Waals surface area contributed by atoms with Crippen molar-refractivity contribution in [2.24, 2.45) is 0 Å². The Morgan fingerprint density at radius 3 is 2.00 bits per heavy atom. The molecule has 0 saturated heterocycles. The van der Waals surface area contributed by atoms with Crippen molar-refractivity contribution in [1.29, 1.82) is 5.26 Å². The van der Waals surface area contributed by atoms with Crippen molar-refractivity contribution in [3.63, 3.8) is 0 Å². The fourth-order valence-corrected chi connectivity index (χ4v) is 11.3. The summed E-state index contributed by atoms with van der Waals surface area (Å²) in [5.41, 5.74) is -1.22. The quantitative estimate of drug-likeness (QED) is 0.152. The number of aromatic nitrogens is 4. The molecule has 0 radical (unpaired) electrons. The van der Waals surface area contributed by atoms with Gasteiger partial charge >= 0.3 is 11.9 Å². The Morgan fingerprint density at radius 1 is 0.827 bits per heavy atom. The van der Waals surface area contributed by atoms with Gasteiger partial charge in [0.2, 0.25) is 0 Å². The molecule has 0 saturated carbocycles. The highest BCUT2D eigenvalue weighted by atomic mass is 28.4. The van der Waals surface area contributed by atoms with Crippen molar-refractivity contribution in [2.45, 2.75) is 45.0 Å². The summed E-state index contributed by atoms with van der Waals surface area (Å²) < 4.78 is 52.2. The molecule has 0 spiro atoms. The van der Waals surface area contributed by atoms with E-state index in [-0.39, 0.29) is 17.9 Å². The summed E-state index contributed by atoms with van der Waals surface area (Å²) in [6.45, 7) is 7.98. The normalized spacial score (nSPS) is 12.7. The number of nitrogens with zero attached hydrogens (tertiary/aromatic N) is 5. The highest BCUT2D eigenvalue weighted by Gasteiger charge is 2.50. The van der Waals surface area contributed by atoms with E-state index in [1.807, 2.05) is 60.7 Å². The van der Waals surface area contributed by atoms with Crippen molar-refractivity contribution < 1.29 is 17.6 Å². The van der Waals surface area contributed by atoms with Gasteiger partial charge in [-0.2, -0.15) is 23.5 Å². The van der Waals surface area contributed by atoms with Crippen molar-refractivity contribution in [3.05, 3.63) is 160 Å². The lowest BCUT2D eigenvalue weighted by Gasteiger charge is -2.43. The summed E-state index contributed by atoms with van der Waals surface area (Å²) in [5, 5.41) is 15.3. The van der Waals surface area contributed by atoms with E-state index in [4.69, 9.17) is 4.43 Å². The van der Waals surface area contributed by atoms with E-state index in [9.17, 15) is 28.0 Å². The van der Waals surface area contributed by atoms with Crippen LogP contribution >= 0.6 is 0 Å². The van der Waals surface area contributed by atoms with Gasteiger partial charge in [0, 0.05) is 6.20 Å². The van der Waals surface area contributed by atoms with Crippen LogP contribution in [-0.2, 0) is 10.6 Å². The zero-order chi connectivity index (χ0) is 37.3. The topological polar surface area (TPSA) is 94.8 Å². The van der Waals surface area contributed by atoms with Crippen molar-refractivity contribution in [2.75, 3.05) is 6.61 Å². The number of halogens is 3. The van der Waals surface area contributed by atoms with Gasteiger partial charge in [-0.15, -0.1) is 0 Å². The molecular formula is C40H36F3N5O3Si. The van der Waals surface area contributed by atoms with E-state index in [0.29, 0.717) is 16.9 Å². The Balaban J connectivity index is 1.53. The van der Waals surface area contributed by atoms with Crippen LogP contribution in [0.15, 0.2) is 137 Å². The second kappa shape index (κ2) is 14.1. The van der Waals surface area contributed by atoms with Crippen LogP contribution in [0.2, 0.25) is 5.04 Å². The third kappa shape index (κ3) is 6.68. The first kappa shape index (κ1) is 36.0. The van der Waals surface area contributed by atoms with Crippen LogP contribution in [0.5, 0.6) is 0 Å². The fourth-order valence-electron chi connectivity index (χ4n) is 6.63. The number of hydrogen-bond donors (Lipinski definition) is 0.